The molecule has 6 nitrogen and oxygen atoms in total. The molecule has 1 aromatic heterocycles. The minimum absolute atomic E-state index is 0. The summed E-state index contributed by atoms with van der Waals surface area (Å²) in [5.41, 5.74) is 2.14. The fraction of sp³-hybridized carbons (Fsp3) is 0.474. The van der Waals surface area contributed by atoms with E-state index in [1.807, 2.05) is 12.1 Å². The fourth-order valence-corrected chi connectivity index (χ4v) is 3.89. The molecule has 0 aliphatic rings. The minimum Gasteiger partial charge on any atom is -0.356 e. The number of thiazole rings is 1. The molecule has 9 heteroatoms. The van der Waals surface area contributed by atoms with Crippen molar-refractivity contribution in [2.45, 2.75) is 44.0 Å². The Balaban J connectivity index is 0.00000392. The molecule has 0 unspecified atom stereocenters. The second kappa shape index (κ2) is 10.5. The van der Waals surface area contributed by atoms with Gasteiger partial charge in [0.1, 0.15) is 0 Å². The zero-order chi connectivity index (χ0) is 20.1. The lowest BCUT2D eigenvalue weighted by atomic mass is 9.98. The van der Waals surface area contributed by atoms with Gasteiger partial charge in [0.25, 0.3) is 0 Å². The van der Waals surface area contributed by atoms with Gasteiger partial charge in [0.2, 0.25) is 0 Å². The number of hydrogen-bond donors (Lipinski definition) is 2. The molecule has 0 spiro atoms. The summed E-state index contributed by atoms with van der Waals surface area (Å²) >= 11 is 1.68. The van der Waals surface area contributed by atoms with Crippen LogP contribution in [0.4, 0.5) is 0 Å². The van der Waals surface area contributed by atoms with Crippen LogP contribution in [0.3, 0.4) is 0 Å². The van der Waals surface area contributed by atoms with E-state index in [0.29, 0.717) is 23.9 Å². The summed E-state index contributed by atoms with van der Waals surface area (Å²) in [6.45, 7) is 7.79. The van der Waals surface area contributed by atoms with Gasteiger partial charge < -0.3 is 10.6 Å². The Hall–Kier alpha value is -1.20. The van der Waals surface area contributed by atoms with Gasteiger partial charge in [0, 0.05) is 30.6 Å². The predicted octanol–water partition coefficient (Wildman–Crippen LogP) is 3.37. The maximum absolute atomic E-state index is 11.5. The molecule has 28 heavy (non-hydrogen) atoms. The van der Waals surface area contributed by atoms with E-state index < -0.39 is 9.84 Å². The summed E-state index contributed by atoms with van der Waals surface area (Å²) in [6, 6.07) is 6.98. The van der Waals surface area contributed by atoms with Gasteiger partial charge in [-0.15, -0.1) is 35.3 Å². The SMILES string of the molecule is CN=C(NCCc1ccc(S(C)(=O)=O)cc1)NCc1csc(C(C)(C)C)n1.I. The lowest BCUT2D eigenvalue weighted by Gasteiger charge is -2.14. The number of halogens is 1. The van der Waals surface area contributed by atoms with Gasteiger partial charge in [0.15, 0.2) is 15.8 Å². The van der Waals surface area contributed by atoms with E-state index in [1.165, 1.54) is 6.26 Å². The van der Waals surface area contributed by atoms with Crippen molar-refractivity contribution < 1.29 is 8.42 Å². The predicted molar refractivity (Wildman–Crippen MR) is 128 cm³/mol. The number of aromatic nitrogens is 1. The zero-order valence-corrected chi connectivity index (χ0v) is 20.9. The third-order valence-corrected chi connectivity index (χ3v) is 6.36. The minimum atomic E-state index is -3.15. The van der Waals surface area contributed by atoms with Crippen molar-refractivity contribution in [3.05, 3.63) is 45.9 Å². The fourth-order valence-electron chi connectivity index (χ4n) is 2.36. The Labute approximate surface area is 189 Å². The second-order valence-electron chi connectivity index (χ2n) is 7.41. The summed E-state index contributed by atoms with van der Waals surface area (Å²) in [4.78, 5) is 9.24. The topological polar surface area (TPSA) is 83.5 Å². The first-order chi connectivity index (χ1) is 12.6. The average molecular weight is 537 g/mol. The Kier molecular flexibility index (Phi) is 9.35. The molecule has 0 amide bonds. The molecule has 0 radical (unpaired) electrons. The largest absolute Gasteiger partial charge is 0.356 e. The Morgan fingerprint density at radius 2 is 1.82 bits per heavy atom. The van der Waals surface area contributed by atoms with Crippen LogP contribution in [0.25, 0.3) is 0 Å². The number of aliphatic imine (C=N–C) groups is 1. The quantitative estimate of drug-likeness (QED) is 0.336. The number of hydrogen-bond acceptors (Lipinski definition) is 5. The van der Waals surface area contributed by atoms with Crippen LogP contribution in [-0.4, -0.2) is 39.2 Å². The number of nitrogens with one attached hydrogen (secondary N) is 2. The monoisotopic (exact) mass is 536 g/mol. The maximum atomic E-state index is 11.5. The van der Waals surface area contributed by atoms with Crippen LogP contribution < -0.4 is 10.6 Å². The Bertz CT molecular complexity index is 885. The average Bonchev–Trinajstić information content (AvgIpc) is 3.07. The Morgan fingerprint density at radius 1 is 1.18 bits per heavy atom. The van der Waals surface area contributed by atoms with Gasteiger partial charge in [-0.25, -0.2) is 13.4 Å². The lowest BCUT2D eigenvalue weighted by Crippen LogP contribution is -2.37. The number of sulfone groups is 1. The molecule has 1 heterocycles. The molecule has 0 aliphatic carbocycles. The molecule has 1 aromatic carbocycles. The van der Waals surface area contributed by atoms with Crippen molar-refractivity contribution in [3.8, 4) is 0 Å². The van der Waals surface area contributed by atoms with Crippen molar-refractivity contribution in [1.82, 2.24) is 15.6 Å². The smallest absolute Gasteiger partial charge is 0.191 e. The van der Waals surface area contributed by atoms with Crippen LogP contribution in [0.1, 0.15) is 37.0 Å². The van der Waals surface area contributed by atoms with Crippen molar-refractivity contribution >= 4 is 51.1 Å². The number of guanidine groups is 1. The molecule has 0 saturated heterocycles. The van der Waals surface area contributed by atoms with E-state index >= 15 is 0 Å². The highest BCUT2D eigenvalue weighted by atomic mass is 127. The standard InChI is InChI=1S/C19H28N4O2S2.HI/c1-19(2,3)17-23-15(13-26-17)12-22-18(20-4)21-11-10-14-6-8-16(9-7-14)27(5,24)25;/h6-9,13H,10-12H2,1-5H3,(H2,20,21,22);1H. The molecule has 0 atom stereocenters. The first kappa shape index (κ1) is 24.8. The summed E-state index contributed by atoms with van der Waals surface area (Å²) in [6.07, 6.45) is 1.99. The van der Waals surface area contributed by atoms with E-state index in [1.54, 1.807) is 30.5 Å². The van der Waals surface area contributed by atoms with Crippen LogP contribution >= 0.6 is 35.3 Å². The van der Waals surface area contributed by atoms with Gasteiger partial charge in [-0.3, -0.25) is 4.99 Å². The Morgan fingerprint density at radius 3 is 2.32 bits per heavy atom. The van der Waals surface area contributed by atoms with Crippen LogP contribution in [0.2, 0.25) is 0 Å². The van der Waals surface area contributed by atoms with E-state index in [9.17, 15) is 8.42 Å². The van der Waals surface area contributed by atoms with E-state index in [2.05, 4.69) is 46.8 Å². The molecule has 0 saturated carbocycles. The van der Waals surface area contributed by atoms with E-state index in [4.69, 9.17) is 0 Å². The summed E-state index contributed by atoms with van der Waals surface area (Å²) in [5, 5.41) is 9.73. The molecule has 156 valence electrons. The summed E-state index contributed by atoms with van der Waals surface area (Å²) < 4.78 is 23.0. The van der Waals surface area contributed by atoms with Crippen LogP contribution in [0.15, 0.2) is 39.5 Å². The highest BCUT2D eigenvalue weighted by Crippen LogP contribution is 2.25. The number of nitrogens with zero attached hydrogens (tertiary/aromatic N) is 2. The molecule has 0 fully saturated rings. The normalized spacial score (nSPS) is 12.4. The summed E-state index contributed by atoms with van der Waals surface area (Å²) in [7, 11) is -1.41. The highest BCUT2D eigenvalue weighted by molar-refractivity contribution is 14.0. The number of benzene rings is 1. The van der Waals surface area contributed by atoms with Gasteiger partial charge in [-0.05, 0) is 24.1 Å². The third kappa shape index (κ3) is 7.67. The van der Waals surface area contributed by atoms with Crippen molar-refractivity contribution in [2.75, 3.05) is 19.8 Å². The molecule has 0 bridgehead atoms. The van der Waals surface area contributed by atoms with Crippen molar-refractivity contribution in [2.24, 2.45) is 4.99 Å². The van der Waals surface area contributed by atoms with Crippen LogP contribution in [0, 0.1) is 0 Å². The van der Waals surface area contributed by atoms with Gasteiger partial charge in [0.05, 0.1) is 22.1 Å². The molecule has 2 aromatic rings. The zero-order valence-electron chi connectivity index (χ0n) is 16.9. The van der Waals surface area contributed by atoms with Crippen molar-refractivity contribution in [1.29, 1.82) is 0 Å². The molecule has 0 aliphatic heterocycles. The second-order valence-corrected chi connectivity index (χ2v) is 10.3. The summed E-state index contributed by atoms with van der Waals surface area (Å²) in [5.74, 6) is 0.716. The van der Waals surface area contributed by atoms with E-state index in [-0.39, 0.29) is 29.4 Å². The van der Waals surface area contributed by atoms with Crippen LogP contribution in [0.5, 0.6) is 0 Å². The van der Waals surface area contributed by atoms with E-state index in [0.717, 1.165) is 22.7 Å². The third-order valence-electron chi connectivity index (χ3n) is 3.91. The molecule has 2 rings (SSSR count). The van der Waals surface area contributed by atoms with Crippen molar-refractivity contribution in [3.63, 3.8) is 0 Å². The van der Waals surface area contributed by atoms with Gasteiger partial charge in [-0.1, -0.05) is 32.9 Å². The highest BCUT2D eigenvalue weighted by Gasteiger charge is 2.17. The molecular formula is C19H29IN4O2S2. The first-order valence-corrected chi connectivity index (χ1v) is 11.5. The van der Waals surface area contributed by atoms with Gasteiger partial charge in [-0.2, -0.15) is 0 Å². The first-order valence-electron chi connectivity index (χ1n) is 8.78. The van der Waals surface area contributed by atoms with Crippen LogP contribution in [-0.2, 0) is 28.2 Å². The molecule has 2 N–H and O–H groups in total. The maximum Gasteiger partial charge on any atom is 0.191 e. The molecular weight excluding hydrogens is 507 g/mol. The number of rotatable bonds is 6. The van der Waals surface area contributed by atoms with Gasteiger partial charge >= 0.3 is 0 Å². The lowest BCUT2D eigenvalue weighted by molar-refractivity contribution is 0.582.